The van der Waals surface area contributed by atoms with Crippen LogP contribution in [-0.2, 0) is 14.8 Å². The molecule has 3 rings (SSSR count). The van der Waals surface area contributed by atoms with Crippen LogP contribution in [0.4, 0.5) is 10.8 Å². The molecule has 1 amide bonds. The van der Waals surface area contributed by atoms with Crippen LogP contribution in [0.25, 0.3) is 10.6 Å². The normalized spacial score (nSPS) is 11.2. The molecular weight excluding hydrogens is 448 g/mol. The Balaban J connectivity index is 1.80. The SMILES string of the molecule is COc1ccc(C)cc1N(CC(=O)Nc1nnc(-c2ccc(Cl)cc2)s1)S(C)(=O)=O. The van der Waals surface area contributed by atoms with Gasteiger partial charge in [-0.05, 0) is 36.8 Å². The van der Waals surface area contributed by atoms with Crippen LogP contribution in [-0.4, -0.2) is 44.4 Å². The maximum atomic E-state index is 12.6. The summed E-state index contributed by atoms with van der Waals surface area (Å²) in [4.78, 5) is 12.6. The first kappa shape index (κ1) is 22.0. The number of hydrogen-bond acceptors (Lipinski definition) is 7. The van der Waals surface area contributed by atoms with Crippen LogP contribution < -0.4 is 14.4 Å². The smallest absolute Gasteiger partial charge is 0.246 e. The number of aryl methyl sites for hydroxylation is 1. The zero-order valence-corrected chi connectivity index (χ0v) is 18.8. The topological polar surface area (TPSA) is 101 Å². The van der Waals surface area contributed by atoms with Gasteiger partial charge in [-0.2, -0.15) is 0 Å². The van der Waals surface area contributed by atoms with Crippen LogP contribution >= 0.6 is 22.9 Å². The van der Waals surface area contributed by atoms with E-state index in [2.05, 4.69) is 15.5 Å². The molecule has 1 aromatic heterocycles. The number of carbonyl (C=O) groups excluding carboxylic acids is 1. The number of nitrogens with one attached hydrogen (secondary N) is 1. The van der Waals surface area contributed by atoms with Gasteiger partial charge in [0.25, 0.3) is 0 Å². The lowest BCUT2D eigenvalue weighted by Gasteiger charge is -2.23. The van der Waals surface area contributed by atoms with Crippen LogP contribution in [0.15, 0.2) is 42.5 Å². The number of ether oxygens (including phenoxy) is 1. The van der Waals surface area contributed by atoms with Gasteiger partial charge in [-0.3, -0.25) is 14.4 Å². The molecule has 0 aliphatic rings. The molecule has 3 aromatic rings. The predicted octanol–water partition coefficient (Wildman–Crippen LogP) is 3.58. The Kier molecular flexibility index (Phi) is 6.59. The molecule has 30 heavy (non-hydrogen) atoms. The molecule has 0 bridgehead atoms. The number of amides is 1. The van der Waals surface area contributed by atoms with Crippen LogP contribution in [0.1, 0.15) is 5.56 Å². The van der Waals surface area contributed by atoms with Gasteiger partial charge in [-0.1, -0.05) is 41.1 Å². The van der Waals surface area contributed by atoms with Crippen molar-refractivity contribution >= 4 is 49.7 Å². The summed E-state index contributed by atoms with van der Waals surface area (Å²) in [5.74, 6) is -0.206. The number of rotatable bonds is 7. The number of hydrogen-bond donors (Lipinski definition) is 1. The Morgan fingerprint density at radius 2 is 1.90 bits per heavy atom. The molecule has 11 heteroatoms. The second-order valence-electron chi connectivity index (χ2n) is 6.41. The van der Waals surface area contributed by atoms with Crippen LogP contribution in [0, 0.1) is 6.92 Å². The molecule has 0 saturated carbocycles. The van der Waals surface area contributed by atoms with E-state index in [1.165, 1.54) is 18.4 Å². The summed E-state index contributed by atoms with van der Waals surface area (Å²) >= 11 is 7.06. The van der Waals surface area contributed by atoms with Gasteiger partial charge in [-0.15, -0.1) is 10.2 Å². The number of methoxy groups -OCH3 is 1. The minimum Gasteiger partial charge on any atom is -0.495 e. The highest BCUT2D eigenvalue weighted by Crippen LogP contribution is 2.31. The molecule has 0 unspecified atom stereocenters. The molecule has 0 aliphatic heterocycles. The molecule has 1 heterocycles. The average molecular weight is 467 g/mol. The molecule has 0 saturated heterocycles. The summed E-state index contributed by atoms with van der Waals surface area (Å²) in [6.07, 6.45) is 1.03. The van der Waals surface area contributed by atoms with Crippen molar-refractivity contribution in [1.29, 1.82) is 0 Å². The molecule has 0 spiro atoms. The van der Waals surface area contributed by atoms with E-state index in [1.807, 2.05) is 6.92 Å². The monoisotopic (exact) mass is 466 g/mol. The Hall–Kier alpha value is -2.69. The fourth-order valence-corrected chi connectivity index (χ4v) is 4.39. The van der Waals surface area contributed by atoms with Crippen molar-refractivity contribution in [2.45, 2.75) is 6.92 Å². The van der Waals surface area contributed by atoms with E-state index in [4.69, 9.17) is 16.3 Å². The molecule has 158 valence electrons. The van der Waals surface area contributed by atoms with E-state index >= 15 is 0 Å². The lowest BCUT2D eigenvalue weighted by molar-refractivity contribution is -0.114. The van der Waals surface area contributed by atoms with Gasteiger partial charge < -0.3 is 4.74 Å². The summed E-state index contributed by atoms with van der Waals surface area (Å²) in [6.45, 7) is 1.39. The lowest BCUT2D eigenvalue weighted by Crippen LogP contribution is -2.37. The largest absolute Gasteiger partial charge is 0.495 e. The molecule has 8 nitrogen and oxygen atoms in total. The first-order valence-electron chi connectivity index (χ1n) is 8.69. The van der Waals surface area contributed by atoms with Crippen molar-refractivity contribution < 1.29 is 17.9 Å². The number of benzene rings is 2. The van der Waals surface area contributed by atoms with E-state index in [0.29, 0.717) is 15.8 Å². The fourth-order valence-electron chi connectivity index (χ4n) is 2.65. The Morgan fingerprint density at radius 1 is 1.20 bits per heavy atom. The standard InChI is InChI=1S/C19H19ClN4O4S2/c1-12-4-9-16(28-2)15(10-12)24(30(3,26)27)11-17(25)21-19-23-22-18(29-19)13-5-7-14(20)8-6-13/h4-10H,11H2,1-3H3,(H,21,23,25). The molecule has 2 aromatic carbocycles. The highest BCUT2D eigenvalue weighted by Gasteiger charge is 2.24. The summed E-state index contributed by atoms with van der Waals surface area (Å²) < 4.78 is 31.0. The number of nitrogens with zero attached hydrogens (tertiary/aromatic N) is 3. The molecular formula is C19H19ClN4O4S2. The molecule has 0 fully saturated rings. The van der Waals surface area contributed by atoms with Crippen molar-refractivity contribution in [3.63, 3.8) is 0 Å². The van der Waals surface area contributed by atoms with Crippen molar-refractivity contribution in [3.8, 4) is 16.3 Å². The fraction of sp³-hybridized carbons (Fsp3) is 0.211. The van der Waals surface area contributed by atoms with Crippen molar-refractivity contribution in [2.24, 2.45) is 0 Å². The minimum absolute atomic E-state index is 0.259. The van der Waals surface area contributed by atoms with Crippen molar-refractivity contribution in [2.75, 3.05) is 29.5 Å². The zero-order valence-electron chi connectivity index (χ0n) is 16.4. The quantitative estimate of drug-likeness (QED) is 0.571. The Labute approximate surface area is 183 Å². The third kappa shape index (κ3) is 5.26. The summed E-state index contributed by atoms with van der Waals surface area (Å²) in [5.41, 5.74) is 1.92. The minimum atomic E-state index is -3.75. The number of anilines is 2. The number of sulfonamides is 1. The molecule has 1 N–H and O–H groups in total. The van der Waals surface area contributed by atoms with Gasteiger partial charge in [0.05, 0.1) is 19.1 Å². The van der Waals surface area contributed by atoms with Crippen LogP contribution in [0.2, 0.25) is 5.02 Å². The van der Waals surface area contributed by atoms with E-state index in [9.17, 15) is 13.2 Å². The number of carbonyl (C=O) groups is 1. The second-order valence-corrected chi connectivity index (χ2v) is 9.73. The van der Waals surface area contributed by atoms with Gasteiger partial charge in [-0.25, -0.2) is 8.42 Å². The van der Waals surface area contributed by atoms with Gasteiger partial charge in [0.2, 0.25) is 21.1 Å². The Bertz CT molecular complexity index is 1160. The van der Waals surface area contributed by atoms with Crippen molar-refractivity contribution in [1.82, 2.24) is 10.2 Å². The number of aromatic nitrogens is 2. The van der Waals surface area contributed by atoms with E-state index in [1.54, 1.807) is 42.5 Å². The van der Waals surface area contributed by atoms with Gasteiger partial charge in [0, 0.05) is 10.6 Å². The summed E-state index contributed by atoms with van der Waals surface area (Å²) in [7, 11) is -2.31. The molecule has 0 radical (unpaired) electrons. The summed E-state index contributed by atoms with van der Waals surface area (Å²) in [5, 5.41) is 12.1. The second kappa shape index (κ2) is 8.99. The summed E-state index contributed by atoms with van der Waals surface area (Å²) in [6, 6.07) is 12.2. The predicted molar refractivity (Wildman–Crippen MR) is 119 cm³/mol. The highest BCUT2D eigenvalue weighted by atomic mass is 35.5. The molecule has 0 aliphatic carbocycles. The Morgan fingerprint density at radius 3 is 2.53 bits per heavy atom. The molecule has 0 atom stereocenters. The van der Waals surface area contributed by atoms with Crippen molar-refractivity contribution in [3.05, 3.63) is 53.1 Å². The highest BCUT2D eigenvalue weighted by molar-refractivity contribution is 7.92. The third-order valence-corrected chi connectivity index (χ3v) is 6.32. The van der Waals surface area contributed by atoms with E-state index in [-0.39, 0.29) is 10.8 Å². The van der Waals surface area contributed by atoms with E-state index in [0.717, 1.165) is 21.7 Å². The van der Waals surface area contributed by atoms with E-state index < -0.39 is 22.5 Å². The first-order chi connectivity index (χ1) is 14.2. The van der Waals surface area contributed by atoms with Crippen LogP contribution in [0.3, 0.4) is 0 Å². The van der Waals surface area contributed by atoms with Crippen LogP contribution in [0.5, 0.6) is 5.75 Å². The first-order valence-corrected chi connectivity index (χ1v) is 11.7. The average Bonchev–Trinajstić information content (AvgIpc) is 3.14. The van der Waals surface area contributed by atoms with Gasteiger partial charge in [0.15, 0.2) is 0 Å². The lowest BCUT2D eigenvalue weighted by atomic mass is 10.2. The zero-order chi connectivity index (χ0) is 21.9. The maximum absolute atomic E-state index is 12.6. The van der Waals surface area contributed by atoms with Gasteiger partial charge >= 0.3 is 0 Å². The third-order valence-electron chi connectivity index (χ3n) is 4.05. The maximum Gasteiger partial charge on any atom is 0.246 e. The number of halogens is 1. The van der Waals surface area contributed by atoms with Gasteiger partial charge in [0.1, 0.15) is 17.3 Å².